The maximum Gasteiger partial charge on any atom is 0.147 e. The largest absolute Gasteiger partial charge is 0.371 e. The van der Waals surface area contributed by atoms with Gasteiger partial charge in [0.15, 0.2) is 0 Å². The Labute approximate surface area is 148 Å². The molecule has 3 heterocycles. The molecule has 0 radical (unpaired) electrons. The van der Waals surface area contributed by atoms with E-state index in [1.165, 1.54) is 12.1 Å². The van der Waals surface area contributed by atoms with Gasteiger partial charge in [-0.25, -0.2) is 0 Å². The van der Waals surface area contributed by atoms with E-state index in [9.17, 15) is 0 Å². The van der Waals surface area contributed by atoms with Crippen molar-refractivity contribution in [2.75, 3.05) is 18.0 Å². The Morgan fingerprint density at radius 1 is 1.21 bits per heavy atom. The number of aromatic nitrogens is 3. The fraction of sp³-hybridized carbons (Fsp3) is 0.556. The summed E-state index contributed by atoms with van der Waals surface area (Å²) in [6.07, 6.45) is 4.57. The molecular formula is C18H24ClN5. The molecule has 2 aromatic rings. The Bertz CT molecular complexity index is 718. The lowest BCUT2D eigenvalue weighted by Gasteiger charge is -2.34. The monoisotopic (exact) mass is 345 g/mol. The van der Waals surface area contributed by atoms with Crippen LogP contribution in [0.3, 0.4) is 0 Å². The molecule has 0 spiro atoms. The maximum atomic E-state index is 6.26. The number of fused-ring (bicyclic) bond motifs is 1. The summed E-state index contributed by atoms with van der Waals surface area (Å²) in [5, 5.41) is 13.1. The summed E-state index contributed by atoms with van der Waals surface area (Å²) in [6, 6.07) is 6.92. The standard InChI is InChI=1S/C18H24ClN5/c1-13-4-5-15(11-16(13)19)23-9-6-14(7-10-23)20-12-18-22-21-17-3-2-8-24(17)18/h4-5,11,14,20H,2-3,6-10,12H2,1H3. The van der Waals surface area contributed by atoms with Gasteiger partial charge in [-0.15, -0.1) is 10.2 Å². The lowest BCUT2D eigenvalue weighted by atomic mass is 10.0. The van der Waals surface area contributed by atoms with Gasteiger partial charge in [0.1, 0.15) is 11.6 Å². The van der Waals surface area contributed by atoms with Crippen LogP contribution in [0.25, 0.3) is 0 Å². The van der Waals surface area contributed by atoms with Crippen LogP contribution in [0.5, 0.6) is 0 Å². The molecule has 2 aliphatic rings. The highest BCUT2D eigenvalue weighted by Crippen LogP contribution is 2.25. The molecule has 2 aliphatic heterocycles. The first kappa shape index (κ1) is 15.9. The maximum absolute atomic E-state index is 6.26. The smallest absolute Gasteiger partial charge is 0.147 e. The predicted octanol–water partition coefficient (Wildman–Crippen LogP) is 2.94. The number of nitrogens with zero attached hydrogens (tertiary/aromatic N) is 4. The molecule has 1 saturated heterocycles. The summed E-state index contributed by atoms with van der Waals surface area (Å²) < 4.78 is 2.27. The zero-order valence-corrected chi connectivity index (χ0v) is 14.9. The molecule has 0 atom stereocenters. The van der Waals surface area contributed by atoms with E-state index in [0.29, 0.717) is 6.04 Å². The number of nitrogens with one attached hydrogen (secondary N) is 1. The zero-order valence-electron chi connectivity index (χ0n) is 14.1. The number of anilines is 1. The van der Waals surface area contributed by atoms with Crippen LogP contribution in [0.1, 0.15) is 36.5 Å². The third-order valence-electron chi connectivity index (χ3n) is 5.25. The highest BCUT2D eigenvalue weighted by Gasteiger charge is 2.21. The molecule has 128 valence electrons. The highest BCUT2D eigenvalue weighted by molar-refractivity contribution is 6.31. The lowest BCUT2D eigenvalue weighted by molar-refractivity contribution is 0.406. The third-order valence-corrected chi connectivity index (χ3v) is 5.66. The van der Waals surface area contributed by atoms with Gasteiger partial charge in [0.2, 0.25) is 0 Å². The Morgan fingerprint density at radius 2 is 2.04 bits per heavy atom. The SMILES string of the molecule is Cc1ccc(N2CCC(NCc3nnc4n3CCC4)CC2)cc1Cl. The van der Waals surface area contributed by atoms with Crippen LogP contribution in [0, 0.1) is 6.92 Å². The van der Waals surface area contributed by atoms with Gasteiger partial charge in [-0.1, -0.05) is 17.7 Å². The van der Waals surface area contributed by atoms with Crippen LogP contribution in [0.15, 0.2) is 18.2 Å². The molecule has 0 amide bonds. The molecule has 6 heteroatoms. The third kappa shape index (κ3) is 3.15. The Morgan fingerprint density at radius 3 is 2.83 bits per heavy atom. The molecule has 1 aromatic carbocycles. The molecule has 1 aromatic heterocycles. The topological polar surface area (TPSA) is 46.0 Å². The van der Waals surface area contributed by atoms with Crippen molar-refractivity contribution < 1.29 is 0 Å². The Hall–Kier alpha value is -1.59. The number of hydrogen-bond acceptors (Lipinski definition) is 4. The summed E-state index contributed by atoms with van der Waals surface area (Å²) in [6.45, 7) is 6.08. The fourth-order valence-electron chi connectivity index (χ4n) is 3.70. The van der Waals surface area contributed by atoms with Crippen molar-refractivity contribution in [1.82, 2.24) is 20.1 Å². The second-order valence-electron chi connectivity index (χ2n) is 6.86. The van der Waals surface area contributed by atoms with Gasteiger partial charge >= 0.3 is 0 Å². The van der Waals surface area contributed by atoms with Crippen molar-refractivity contribution >= 4 is 17.3 Å². The first-order chi connectivity index (χ1) is 11.7. The van der Waals surface area contributed by atoms with E-state index >= 15 is 0 Å². The normalized spacial score (nSPS) is 18.2. The minimum atomic E-state index is 0.552. The van der Waals surface area contributed by atoms with Crippen LogP contribution in [0.2, 0.25) is 5.02 Å². The summed E-state index contributed by atoms with van der Waals surface area (Å²) in [5.74, 6) is 2.24. The lowest BCUT2D eigenvalue weighted by Crippen LogP contribution is -2.42. The molecule has 5 nitrogen and oxygen atoms in total. The second-order valence-corrected chi connectivity index (χ2v) is 7.27. The molecule has 24 heavy (non-hydrogen) atoms. The molecule has 0 bridgehead atoms. The minimum absolute atomic E-state index is 0.552. The number of aryl methyl sites for hydroxylation is 2. The minimum Gasteiger partial charge on any atom is -0.371 e. The van der Waals surface area contributed by atoms with Crippen molar-refractivity contribution in [1.29, 1.82) is 0 Å². The van der Waals surface area contributed by atoms with Crippen molar-refractivity contribution in [3.63, 3.8) is 0 Å². The molecular weight excluding hydrogens is 322 g/mol. The first-order valence-electron chi connectivity index (χ1n) is 8.86. The Balaban J connectivity index is 1.30. The summed E-state index contributed by atoms with van der Waals surface area (Å²) in [7, 11) is 0. The van der Waals surface area contributed by atoms with E-state index in [-0.39, 0.29) is 0 Å². The van der Waals surface area contributed by atoms with E-state index in [1.807, 2.05) is 6.92 Å². The average Bonchev–Trinajstić information content (AvgIpc) is 3.20. The number of benzene rings is 1. The van der Waals surface area contributed by atoms with Crippen LogP contribution in [-0.2, 0) is 19.5 Å². The van der Waals surface area contributed by atoms with E-state index in [4.69, 9.17) is 11.6 Å². The highest BCUT2D eigenvalue weighted by atomic mass is 35.5. The number of halogens is 1. The summed E-state index contributed by atoms with van der Waals surface area (Å²) in [4.78, 5) is 2.43. The summed E-state index contributed by atoms with van der Waals surface area (Å²) in [5.41, 5.74) is 2.37. The van der Waals surface area contributed by atoms with Gasteiger partial charge < -0.3 is 14.8 Å². The zero-order chi connectivity index (χ0) is 16.5. The van der Waals surface area contributed by atoms with Crippen molar-refractivity contribution in [3.05, 3.63) is 40.4 Å². The second kappa shape index (κ2) is 6.73. The number of piperidine rings is 1. The molecule has 1 fully saturated rings. The van der Waals surface area contributed by atoms with Crippen LogP contribution < -0.4 is 10.2 Å². The van der Waals surface area contributed by atoms with E-state index in [0.717, 1.165) is 67.7 Å². The fourth-order valence-corrected chi connectivity index (χ4v) is 3.87. The van der Waals surface area contributed by atoms with Gasteiger partial charge in [0.25, 0.3) is 0 Å². The van der Waals surface area contributed by atoms with Gasteiger partial charge in [-0.3, -0.25) is 0 Å². The van der Waals surface area contributed by atoms with Crippen molar-refractivity contribution in [2.45, 2.75) is 51.7 Å². The van der Waals surface area contributed by atoms with Crippen molar-refractivity contribution in [3.8, 4) is 0 Å². The van der Waals surface area contributed by atoms with Crippen molar-refractivity contribution in [2.24, 2.45) is 0 Å². The van der Waals surface area contributed by atoms with Gasteiger partial charge in [-0.2, -0.15) is 0 Å². The number of rotatable bonds is 4. The van der Waals surface area contributed by atoms with Crippen LogP contribution in [0.4, 0.5) is 5.69 Å². The average molecular weight is 346 g/mol. The van der Waals surface area contributed by atoms with Crippen LogP contribution >= 0.6 is 11.6 Å². The molecule has 1 N–H and O–H groups in total. The first-order valence-corrected chi connectivity index (χ1v) is 9.24. The Kier molecular flexibility index (Phi) is 4.46. The molecule has 0 saturated carbocycles. The predicted molar refractivity (Wildman–Crippen MR) is 96.6 cm³/mol. The van der Waals surface area contributed by atoms with E-state index in [2.05, 4.69) is 43.2 Å². The van der Waals surface area contributed by atoms with E-state index in [1.54, 1.807) is 0 Å². The van der Waals surface area contributed by atoms with Gasteiger partial charge in [0, 0.05) is 42.8 Å². The number of hydrogen-bond donors (Lipinski definition) is 1. The van der Waals surface area contributed by atoms with Gasteiger partial charge in [0.05, 0.1) is 6.54 Å². The summed E-state index contributed by atoms with van der Waals surface area (Å²) >= 11 is 6.26. The molecule has 4 rings (SSSR count). The van der Waals surface area contributed by atoms with Crippen LogP contribution in [-0.4, -0.2) is 33.9 Å². The van der Waals surface area contributed by atoms with Gasteiger partial charge in [-0.05, 0) is 43.9 Å². The molecule has 0 aliphatic carbocycles. The quantitative estimate of drug-likeness (QED) is 0.925. The molecule has 0 unspecified atom stereocenters. The van der Waals surface area contributed by atoms with E-state index < -0.39 is 0 Å².